The van der Waals surface area contributed by atoms with E-state index >= 15 is 0 Å². The molecule has 2 heterocycles. The van der Waals surface area contributed by atoms with Gasteiger partial charge in [0.25, 0.3) is 5.91 Å². The highest BCUT2D eigenvalue weighted by molar-refractivity contribution is 6.03. The number of amides is 1. The molecule has 0 aliphatic carbocycles. The molecule has 1 aliphatic rings. The van der Waals surface area contributed by atoms with Crippen molar-refractivity contribution in [3.63, 3.8) is 0 Å². The maximum absolute atomic E-state index is 12.3. The number of carbonyl (C=O) groups is 1. The van der Waals surface area contributed by atoms with Crippen LogP contribution in [-0.2, 0) is 0 Å². The van der Waals surface area contributed by atoms with Crippen LogP contribution < -0.4 is 10.1 Å². The highest BCUT2D eigenvalue weighted by atomic mass is 16.5. The molecule has 1 unspecified atom stereocenters. The van der Waals surface area contributed by atoms with Gasteiger partial charge in [-0.15, -0.1) is 0 Å². The van der Waals surface area contributed by atoms with Gasteiger partial charge in [-0.3, -0.25) is 4.79 Å². The molecule has 0 fully saturated rings. The third kappa shape index (κ3) is 2.61. The Morgan fingerprint density at radius 1 is 1.25 bits per heavy atom. The van der Waals surface area contributed by atoms with Gasteiger partial charge in [-0.2, -0.15) is 0 Å². The molecule has 1 aliphatic heterocycles. The van der Waals surface area contributed by atoms with E-state index in [2.05, 4.69) is 5.32 Å². The first kappa shape index (κ1) is 16.3. The first-order chi connectivity index (χ1) is 11.4. The molecule has 1 amide bonds. The Labute approximate surface area is 140 Å². The van der Waals surface area contributed by atoms with E-state index in [4.69, 9.17) is 9.15 Å². The normalized spacial score (nSPS) is 18.9. The molecule has 2 N–H and O–H groups in total. The molecule has 2 aromatic rings. The van der Waals surface area contributed by atoms with Crippen LogP contribution in [0.5, 0.6) is 5.75 Å². The van der Waals surface area contributed by atoms with Crippen LogP contribution in [0.25, 0.3) is 6.08 Å². The van der Waals surface area contributed by atoms with Crippen molar-refractivity contribution in [3.05, 3.63) is 52.5 Å². The minimum absolute atomic E-state index is 0.0997. The highest BCUT2D eigenvalue weighted by Crippen LogP contribution is 2.41. The van der Waals surface area contributed by atoms with Crippen molar-refractivity contribution in [2.75, 3.05) is 11.9 Å². The van der Waals surface area contributed by atoms with Crippen LogP contribution in [-0.4, -0.2) is 23.2 Å². The number of carbonyl (C=O) groups excluding carboxylic acids is 1. The van der Waals surface area contributed by atoms with Crippen molar-refractivity contribution >= 4 is 17.7 Å². The summed E-state index contributed by atoms with van der Waals surface area (Å²) in [6, 6.07) is 3.31. The molecule has 0 saturated carbocycles. The lowest BCUT2D eigenvalue weighted by Gasteiger charge is -2.33. The average molecular weight is 327 g/mol. The van der Waals surface area contributed by atoms with Crippen LogP contribution in [0.4, 0.5) is 5.69 Å². The van der Waals surface area contributed by atoms with Gasteiger partial charge < -0.3 is 19.6 Å². The van der Waals surface area contributed by atoms with Gasteiger partial charge in [0.05, 0.1) is 12.9 Å². The Balaban J connectivity index is 2.05. The average Bonchev–Trinajstić information content (AvgIpc) is 3.11. The van der Waals surface area contributed by atoms with Crippen molar-refractivity contribution in [2.45, 2.75) is 33.3 Å². The van der Waals surface area contributed by atoms with Gasteiger partial charge in [0, 0.05) is 11.3 Å². The second-order valence-corrected chi connectivity index (χ2v) is 6.33. The minimum Gasteiger partial charge on any atom is -0.480 e. The van der Waals surface area contributed by atoms with Crippen molar-refractivity contribution in [1.29, 1.82) is 0 Å². The monoisotopic (exact) mass is 327 g/mol. The van der Waals surface area contributed by atoms with Gasteiger partial charge in [-0.1, -0.05) is 6.08 Å². The summed E-state index contributed by atoms with van der Waals surface area (Å²) >= 11 is 0. The number of nitrogens with one attached hydrogen (secondary N) is 1. The maximum atomic E-state index is 12.3. The fourth-order valence-corrected chi connectivity index (χ4v) is 2.86. The van der Waals surface area contributed by atoms with Crippen LogP contribution in [0, 0.1) is 20.8 Å². The van der Waals surface area contributed by atoms with E-state index in [-0.39, 0.29) is 18.3 Å². The van der Waals surface area contributed by atoms with Crippen LogP contribution in [0.3, 0.4) is 0 Å². The van der Waals surface area contributed by atoms with Crippen LogP contribution in [0.2, 0.25) is 0 Å². The molecule has 5 nitrogen and oxygen atoms in total. The third-order valence-corrected chi connectivity index (χ3v) is 4.54. The van der Waals surface area contributed by atoms with Gasteiger partial charge in [-0.25, -0.2) is 0 Å². The Morgan fingerprint density at radius 3 is 2.62 bits per heavy atom. The summed E-state index contributed by atoms with van der Waals surface area (Å²) < 4.78 is 11.2. The molecule has 126 valence electrons. The molecule has 1 aromatic heterocycles. The first-order valence-corrected chi connectivity index (χ1v) is 7.84. The van der Waals surface area contributed by atoms with Gasteiger partial charge >= 0.3 is 0 Å². The largest absolute Gasteiger partial charge is 0.480 e. The smallest absolute Gasteiger partial charge is 0.291 e. The number of benzene rings is 1. The molecule has 0 bridgehead atoms. The number of ether oxygens (including phenoxy) is 1. The number of hydrogen-bond acceptors (Lipinski definition) is 4. The number of aliphatic hydroxyl groups excluding tert-OH is 1. The molecule has 0 radical (unpaired) electrons. The summed E-state index contributed by atoms with van der Waals surface area (Å²) in [6.07, 6.45) is 5.26. The fraction of sp³-hybridized carbons (Fsp3) is 0.316. The summed E-state index contributed by atoms with van der Waals surface area (Å²) in [7, 11) is 0. The van der Waals surface area contributed by atoms with Gasteiger partial charge in [0.2, 0.25) is 0 Å². The topological polar surface area (TPSA) is 71.7 Å². The zero-order chi connectivity index (χ0) is 17.5. The van der Waals surface area contributed by atoms with E-state index < -0.39 is 5.60 Å². The van der Waals surface area contributed by atoms with Crippen LogP contribution in [0.1, 0.15) is 39.7 Å². The zero-order valence-electron chi connectivity index (χ0n) is 14.3. The van der Waals surface area contributed by atoms with Gasteiger partial charge in [0.15, 0.2) is 5.76 Å². The second kappa shape index (κ2) is 5.83. The second-order valence-electron chi connectivity index (χ2n) is 6.33. The number of anilines is 1. The Hall–Kier alpha value is -2.53. The molecule has 0 saturated heterocycles. The molecule has 5 heteroatoms. The van der Waals surface area contributed by atoms with Crippen molar-refractivity contribution < 1.29 is 19.1 Å². The summed E-state index contributed by atoms with van der Waals surface area (Å²) in [4.78, 5) is 12.3. The molecule has 24 heavy (non-hydrogen) atoms. The van der Waals surface area contributed by atoms with E-state index in [0.29, 0.717) is 0 Å². The predicted octanol–water partition coefficient (Wildman–Crippen LogP) is 3.61. The number of furan rings is 1. The summed E-state index contributed by atoms with van der Waals surface area (Å²) in [5.41, 5.74) is 3.74. The van der Waals surface area contributed by atoms with E-state index in [9.17, 15) is 9.90 Å². The first-order valence-electron chi connectivity index (χ1n) is 7.84. The Kier molecular flexibility index (Phi) is 3.97. The van der Waals surface area contributed by atoms with Crippen molar-refractivity contribution in [3.8, 4) is 5.75 Å². The summed E-state index contributed by atoms with van der Waals surface area (Å²) in [5, 5.41) is 12.5. The molecule has 0 spiro atoms. The Bertz CT molecular complexity index is 821. The molecular formula is C19H21NO4. The lowest BCUT2D eigenvalue weighted by Crippen LogP contribution is -2.36. The number of aliphatic hydroxyl groups is 1. The zero-order valence-corrected chi connectivity index (χ0v) is 14.3. The molecular weight excluding hydrogens is 306 g/mol. The van der Waals surface area contributed by atoms with Crippen LogP contribution >= 0.6 is 0 Å². The van der Waals surface area contributed by atoms with E-state index in [1.807, 2.05) is 39.8 Å². The lowest BCUT2D eigenvalue weighted by atomic mass is 9.92. The quantitative estimate of drug-likeness (QED) is 0.903. The fourth-order valence-electron chi connectivity index (χ4n) is 2.86. The van der Waals surface area contributed by atoms with E-state index in [1.54, 1.807) is 12.1 Å². The van der Waals surface area contributed by atoms with Gasteiger partial charge in [-0.05, 0) is 62.6 Å². The highest BCUT2D eigenvalue weighted by Gasteiger charge is 2.30. The SMILES string of the molecule is Cc1c(C)c2c(c(C)c1NC(=O)c1ccco1)C=CC(C)(CO)O2. The molecule has 3 rings (SSSR count). The van der Waals surface area contributed by atoms with Crippen molar-refractivity contribution in [1.82, 2.24) is 0 Å². The Morgan fingerprint density at radius 2 is 2.00 bits per heavy atom. The standard InChI is InChI=1S/C19H21NO4/c1-11-12(2)17-14(7-8-19(4,10-21)24-17)13(3)16(11)20-18(22)15-6-5-9-23-15/h5-9,21H,10H2,1-4H3,(H,20,22). The molecule has 1 atom stereocenters. The van der Waals surface area contributed by atoms with Crippen LogP contribution in [0.15, 0.2) is 28.9 Å². The van der Waals surface area contributed by atoms with Crippen molar-refractivity contribution in [2.24, 2.45) is 0 Å². The van der Waals surface area contributed by atoms with E-state index in [1.165, 1.54) is 6.26 Å². The maximum Gasteiger partial charge on any atom is 0.291 e. The number of hydrogen-bond donors (Lipinski definition) is 2. The lowest BCUT2D eigenvalue weighted by molar-refractivity contribution is 0.0633. The van der Waals surface area contributed by atoms with Gasteiger partial charge in [0.1, 0.15) is 11.4 Å². The summed E-state index contributed by atoms with van der Waals surface area (Å²) in [5.74, 6) is 0.732. The predicted molar refractivity (Wildman–Crippen MR) is 92.5 cm³/mol. The summed E-state index contributed by atoms with van der Waals surface area (Å²) in [6.45, 7) is 7.57. The molecule has 1 aromatic carbocycles. The number of fused-ring (bicyclic) bond motifs is 1. The van der Waals surface area contributed by atoms with E-state index in [0.717, 1.165) is 33.7 Å². The number of rotatable bonds is 3. The third-order valence-electron chi connectivity index (χ3n) is 4.54. The minimum atomic E-state index is -0.727.